The third-order valence-corrected chi connectivity index (χ3v) is 4.09. The lowest BCUT2D eigenvalue weighted by molar-refractivity contribution is -0.144. The summed E-state index contributed by atoms with van der Waals surface area (Å²) in [6.45, 7) is 6.77. The highest BCUT2D eigenvalue weighted by Crippen LogP contribution is 2.28. The van der Waals surface area contributed by atoms with E-state index < -0.39 is 11.5 Å². The van der Waals surface area contributed by atoms with Gasteiger partial charge in [0.1, 0.15) is 5.54 Å². The summed E-state index contributed by atoms with van der Waals surface area (Å²) in [5, 5.41) is 12.9. The molecule has 2 rings (SSSR count). The molecule has 0 atom stereocenters. The van der Waals surface area contributed by atoms with E-state index in [1.54, 1.807) is 0 Å². The van der Waals surface area contributed by atoms with Crippen molar-refractivity contribution in [2.24, 2.45) is 0 Å². The lowest BCUT2D eigenvalue weighted by Gasteiger charge is -2.39. The average Bonchev–Trinajstić information content (AvgIpc) is 2.42. The topological polar surface area (TPSA) is 52.6 Å². The quantitative estimate of drug-likeness (QED) is 0.874. The van der Waals surface area contributed by atoms with E-state index in [0.717, 1.165) is 30.9 Å². The number of rotatable bonds is 4. The van der Waals surface area contributed by atoms with Gasteiger partial charge in [0.15, 0.2) is 0 Å². The van der Waals surface area contributed by atoms with E-state index in [0.29, 0.717) is 12.8 Å². The molecule has 4 nitrogen and oxygen atoms in total. The van der Waals surface area contributed by atoms with Crippen molar-refractivity contribution in [1.29, 1.82) is 0 Å². The number of aryl methyl sites for hydroxylation is 1. The van der Waals surface area contributed by atoms with Crippen molar-refractivity contribution in [2.75, 3.05) is 25.0 Å². The van der Waals surface area contributed by atoms with Crippen LogP contribution in [0.3, 0.4) is 0 Å². The molecule has 4 heteroatoms. The van der Waals surface area contributed by atoms with E-state index >= 15 is 0 Å². The molecule has 0 unspecified atom stereocenters. The first-order chi connectivity index (χ1) is 9.07. The Bertz CT molecular complexity index is 451. The van der Waals surface area contributed by atoms with Crippen LogP contribution in [0.4, 0.5) is 5.69 Å². The molecular weight excluding hydrogens is 240 g/mol. The fraction of sp³-hybridized carbons (Fsp3) is 0.533. The normalized spacial score (nSPS) is 19.1. The van der Waals surface area contributed by atoms with Gasteiger partial charge in [-0.25, -0.2) is 4.79 Å². The maximum atomic E-state index is 11.7. The van der Waals surface area contributed by atoms with Crippen LogP contribution in [0.1, 0.15) is 25.3 Å². The molecule has 19 heavy (non-hydrogen) atoms. The molecule has 1 aromatic rings. The SMILES string of the molecule is CCN1CCC(Nc2ccccc2C)(C(=O)O)CC1. The highest BCUT2D eigenvalue weighted by atomic mass is 16.4. The van der Waals surface area contributed by atoms with Gasteiger partial charge in [0.25, 0.3) is 0 Å². The van der Waals surface area contributed by atoms with E-state index in [2.05, 4.69) is 17.1 Å². The standard InChI is InChI=1S/C15H22N2O2/c1-3-17-10-8-15(9-11-17,14(18)19)16-13-7-5-4-6-12(13)2/h4-7,16H,3,8-11H2,1-2H3,(H,18,19). The number of likely N-dealkylation sites (tertiary alicyclic amines) is 1. The predicted molar refractivity (Wildman–Crippen MR) is 76.5 cm³/mol. The lowest BCUT2D eigenvalue weighted by atomic mass is 9.87. The number of nitrogens with one attached hydrogen (secondary N) is 1. The summed E-state index contributed by atoms with van der Waals surface area (Å²) in [7, 11) is 0. The third kappa shape index (κ3) is 2.89. The molecular formula is C15H22N2O2. The molecule has 1 saturated heterocycles. The van der Waals surface area contributed by atoms with Crippen LogP contribution < -0.4 is 5.32 Å². The zero-order valence-corrected chi connectivity index (χ0v) is 11.6. The molecule has 0 bridgehead atoms. The molecule has 2 N–H and O–H groups in total. The molecule has 104 valence electrons. The number of carboxylic acids is 1. The van der Waals surface area contributed by atoms with Gasteiger partial charge in [-0.1, -0.05) is 25.1 Å². The number of anilines is 1. The highest BCUT2D eigenvalue weighted by Gasteiger charge is 2.41. The summed E-state index contributed by atoms with van der Waals surface area (Å²) in [5.74, 6) is -0.744. The summed E-state index contributed by atoms with van der Waals surface area (Å²) in [6, 6.07) is 7.85. The number of carboxylic acid groups (broad SMARTS) is 1. The van der Waals surface area contributed by atoms with Crippen LogP contribution in [0.2, 0.25) is 0 Å². The number of benzene rings is 1. The molecule has 1 heterocycles. The molecule has 0 spiro atoms. The first kappa shape index (κ1) is 13.9. The third-order valence-electron chi connectivity index (χ3n) is 4.09. The Hall–Kier alpha value is -1.55. The van der Waals surface area contributed by atoms with E-state index in [1.165, 1.54) is 0 Å². The Morgan fingerprint density at radius 2 is 2.00 bits per heavy atom. The monoisotopic (exact) mass is 262 g/mol. The Morgan fingerprint density at radius 1 is 1.37 bits per heavy atom. The minimum Gasteiger partial charge on any atom is -0.480 e. The fourth-order valence-electron chi connectivity index (χ4n) is 2.61. The fourth-order valence-corrected chi connectivity index (χ4v) is 2.61. The van der Waals surface area contributed by atoms with Crippen molar-refractivity contribution in [3.05, 3.63) is 29.8 Å². The number of hydrogen-bond donors (Lipinski definition) is 2. The second-order valence-electron chi connectivity index (χ2n) is 5.26. The summed E-state index contributed by atoms with van der Waals surface area (Å²) < 4.78 is 0. The number of para-hydroxylation sites is 1. The van der Waals surface area contributed by atoms with Gasteiger partial charge in [-0.15, -0.1) is 0 Å². The van der Waals surface area contributed by atoms with Gasteiger partial charge in [0.05, 0.1) is 0 Å². The second kappa shape index (κ2) is 5.61. The maximum Gasteiger partial charge on any atom is 0.329 e. The zero-order valence-electron chi connectivity index (χ0n) is 11.6. The Morgan fingerprint density at radius 3 is 2.53 bits per heavy atom. The van der Waals surface area contributed by atoms with Crippen LogP contribution in [0.15, 0.2) is 24.3 Å². The van der Waals surface area contributed by atoms with E-state index in [1.807, 2.05) is 31.2 Å². The van der Waals surface area contributed by atoms with E-state index in [-0.39, 0.29) is 0 Å². The lowest BCUT2D eigenvalue weighted by Crippen LogP contribution is -2.54. The van der Waals surface area contributed by atoms with Crippen LogP contribution in [0.25, 0.3) is 0 Å². The second-order valence-corrected chi connectivity index (χ2v) is 5.26. The zero-order chi connectivity index (χ0) is 13.9. The van der Waals surface area contributed by atoms with Crippen molar-refractivity contribution >= 4 is 11.7 Å². The van der Waals surface area contributed by atoms with Crippen molar-refractivity contribution in [1.82, 2.24) is 4.90 Å². The van der Waals surface area contributed by atoms with Crippen LogP contribution in [0, 0.1) is 6.92 Å². The molecule has 1 aliphatic rings. The van der Waals surface area contributed by atoms with E-state index in [9.17, 15) is 9.90 Å². The largest absolute Gasteiger partial charge is 0.480 e. The average molecular weight is 262 g/mol. The van der Waals surface area contributed by atoms with Crippen molar-refractivity contribution < 1.29 is 9.90 Å². The molecule has 0 radical (unpaired) electrons. The minimum atomic E-state index is -0.822. The van der Waals surface area contributed by atoms with Crippen LogP contribution >= 0.6 is 0 Å². The Balaban J connectivity index is 2.18. The van der Waals surface area contributed by atoms with Gasteiger partial charge in [0, 0.05) is 18.8 Å². The van der Waals surface area contributed by atoms with Gasteiger partial charge in [-0.05, 0) is 37.9 Å². The maximum absolute atomic E-state index is 11.7. The summed E-state index contributed by atoms with van der Waals surface area (Å²) in [4.78, 5) is 14.0. The van der Waals surface area contributed by atoms with E-state index in [4.69, 9.17) is 0 Å². The van der Waals surface area contributed by atoms with Crippen molar-refractivity contribution in [3.8, 4) is 0 Å². The number of carbonyl (C=O) groups is 1. The summed E-state index contributed by atoms with van der Waals surface area (Å²) in [5.41, 5.74) is 1.19. The van der Waals surface area contributed by atoms with Gasteiger partial charge in [0.2, 0.25) is 0 Å². The molecule has 0 saturated carbocycles. The Kier molecular flexibility index (Phi) is 4.10. The number of piperidine rings is 1. The van der Waals surface area contributed by atoms with Crippen LogP contribution in [-0.4, -0.2) is 41.1 Å². The van der Waals surface area contributed by atoms with Crippen molar-refractivity contribution in [3.63, 3.8) is 0 Å². The van der Waals surface area contributed by atoms with Gasteiger partial charge >= 0.3 is 5.97 Å². The molecule has 0 aromatic heterocycles. The smallest absolute Gasteiger partial charge is 0.329 e. The van der Waals surface area contributed by atoms with Crippen molar-refractivity contribution in [2.45, 2.75) is 32.2 Å². The van der Waals surface area contributed by atoms with Gasteiger partial charge < -0.3 is 15.3 Å². The van der Waals surface area contributed by atoms with Gasteiger partial charge in [-0.3, -0.25) is 0 Å². The highest BCUT2D eigenvalue weighted by molar-refractivity contribution is 5.83. The molecule has 1 aromatic carbocycles. The van der Waals surface area contributed by atoms with Gasteiger partial charge in [-0.2, -0.15) is 0 Å². The first-order valence-electron chi connectivity index (χ1n) is 6.87. The number of nitrogens with zero attached hydrogens (tertiary/aromatic N) is 1. The first-order valence-corrected chi connectivity index (χ1v) is 6.87. The van der Waals surface area contributed by atoms with Crippen LogP contribution in [0.5, 0.6) is 0 Å². The number of aliphatic carboxylic acids is 1. The summed E-state index contributed by atoms with van der Waals surface area (Å²) in [6.07, 6.45) is 1.29. The Labute approximate surface area is 114 Å². The molecule has 1 aliphatic heterocycles. The molecule has 0 aliphatic carbocycles. The summed E-state index contributed by atoms with van der Waals surface area (Å²) >= 11 is 0. The molecule has 0 amide bonds. The predicted octanol–water partition coefficient (Wildman–Crippen LogP) is 2.35. The van der Waals surface area contributed by atoms with Crippen LogP contribution in [-0.2, 0) is 4.79 Å². The number of hydrogen-bond acceptors (Lipinski definition) is 3. The molecule has 1 fully saturated rings. The minimum absolute atomic E-state index is 0.643.